The molecule has 1 nitrogen and oxygen atoms in total. The number of hydrogen-bond acceptors (Lipinski definition) is 1. The lowest BCUT2D eigenvalue weighted by atomic mass is 10.1. The second-order valence-corrected chi connectivity index (χ2v) is 4.22. The van der Waals surface area contributed by atoms with Crippen LogP contribution in [0.5, 0.6) is 5.75 Å². The molecule has 0 fully saturated rings. The molecule has 0 bridgehead atoms. The summed E-state index contributed by atoms with van der Waals surface area (Å²) in [5, 5.41) is 0. The number of halogens is 2. The van der Waals surface area contributed by atoms with Gasteiger partial charge in [0.05, 0.1) is 0 Å². The molecule has 0 amide bonds. The summed E-state index contributed by atoms with van der Waals surface area (Å²) >= 11 is 0. The third-order valence-electron chi connectivity index (χ3n) is 2.95. The van der Waals surface area contributed by atoms with Crippen molar-refractivity contribution in [3.8, 4) is 5.75 Å². The van der Waals surface area contributed by atoms with E-state index in [2.05, 4.69) is 0 Å². The molecule has 0 saturated carbocycles. The molecule has 2 aromatic carbocycles. The minimum atomic E-state index is -0.583. The highest BCUT2D eigenvalue weighted by atomic mass is 19.1. The van der Waals surface area contributed by atoms with E-state index in [1.54, 1.807) is 0 Å². The van der Waals surface area contributed by atoms with Crippen molar-refractivity contribution < 1.29 is 13.5 Å². The van der Waals surface area contributed by atoms with Gasteiger partial charge in [-0.3, -0.25) is 0 Å². The van der Waals surface area contributed by atoms with Crippen LogP contribution in [-0.4, -0.2) is 0 Å². The molecule has 0 aliphatic rings. The van der Waals surface area contributed by atoms with Crippen LogP contribution in [0.15, 0.2) is 36.4 Å². The monoisotopic (exact) mass is 248 g/mol. The highest BCUT2D eigenvalue weighted by molar-refractivity contribution is 5.38. The number of aryl methyl sites for hydroxylation is 1. The van der Waals surface area contributed by atoms with Gasteiger partial charge < -0.3 is 4.74 Å². The predicted molar refractivity (Wildman–Crippen MR) is 66.6 cm³/mol. The molecule has 2 aromatic rings. The molecule has 2 rings (SSSR count). The average Bonchev–Trinajstić information content (AvgIpc) is 2.33. The van der Waals surface area contributed by atoms with Crippen molar-refractivity contribution in [3.63, 3.8) is 0 Å². The zero-order valence-electron chi connectivity index (χ0n) is 10.3. The minimum absolute atomic E-state index is 0.0937. The molecule has 0 spiro atoms. The summed E-state index contributed by atoms with van der Waals surface area (Å²) in [7, 11) is 0. The normalized spacial score (nSPS) is 10.4. The van der Waals surface area contributed by atoms with Gasteiger partial charge >= 0.3 is 0 Å². The molecular weight excluding hydrogens is 234 g/mol. The van der Waals surface area contributed by atoms with Gasteiger partial charge in [-0.25, -0.2) is 8.78 Å². The number of ether oxygens (including phenoxy) is 1. The Morgan fingerprint density at radius 3 is 2.56 bits per heavy atom. The summed E-state index contributed by atoms with van der Waals surface area (Å²) in [4.78, 5) is 0. The molecular formula is C15H14F2O. The maximum Gasteiger partial charge on any atom is 0.132 e. The quantitative estimate of drug-likeness (QED) is 0.792. The average molecular weight is 248 g/mol. The Hall–Kier alpha value is -1.90. The second-order valence-electron chi connectivity index (χ2n) is 4.22. The first-order valence-corrected chi connectivity index (χ1v) is 5.71. The van der Waals surface area contributed by atoms with Crippen molar-refractivity contribution in [1.82, 2.24) is 0 Å². The van der Waals surface area contributed by atoms with Crippen LogP contribution in [0.1, 0.15) is 16.7 Å². The van der Waals surface area contributed by atoms with E-state index in [0.29, 0.717) is 5.56 Å². The van der Waals surface area contributed by atoms with Crippen LogP contribution in [0, 0.1) is 25.5 Å². The molecule has 0 saturated heterocycles. The van der Waals surface area contributed by atoms with Crippen LogP contribution in [-0.2, 0) is 6.61 Å². The molecule has 0 N–H and O–H groups in total. The number of rotatable bonds is 3. The van der Waals surface area contributed by atoms with Crippen molar-refractivity contribution in [2.75, 3.05) is 0 Å². The van der Waals surface area contributed by atoms with E-state index in [1.165, 1.54) is 12.1 Å². The van der Waals surface area contributed by atoms with Gasteiger partial charge in [-0.15, -0.1) is 0 Å². The molecule has 0 heterocycles. The molecule has 94 valence electrons. The summed E-state index contributed by atoms with van der Waals surface area (Å²) in [5.41, 5.74) is 2.49. The lowest BCUT2D eigenvalue weighted by Crippen LogP contribution is -2.00. The fraction of sp³-hybridized carbons (Fsp3) is 0.200. The van der Waals surface area contributed by atoms with Crippen molar-refractivity contribution in [3.05, 3.63) is 64.7 Å². The SMILES string of the molecule is Cc1cccc(OCc2ccc(F)cc2F)c1C. The Balaban J connectivity index is 2.14. The van der Waals surface area contributed by atoms with Crippen LogP contribution in [0.4, 0.5) is 8.78 Å². The van der Waals surface area contributed by atoms with Crippen LogP contribution >= 0.6 is 0 Å². The van der Waals surface area contributed by atoms with Crippen molar-refractivity contribution in [2.45, 2.75) is 20.5 Å². The lowest BCUT2D eigenvalue weighted by molar-refractivity contribution is 0.297. The molecule has 18 heavy (non-hydrogen) atoms. The van der Waals surface area contributed by atoms with Gasteiger partial charge in [0.1, 0.15) is 24.0 Å². The Bertz CT molecular complexity index is 564. The van der Waals surface area contributed by atoms with E-state index in [0.717, 1.165) is 22.9 Å². The van der Waals surface area contributed by atoms with Gasteiger partial charge in [-0.05, 0) is 43.2 Å². The third kappa shape index (κ3) is 2.67. The summed E-state index contributed by atoms with van der Waals surface area (Å²) in [6, 6.07) is 9.20. The Morgan fingerprint density at radius 1 is 1.06 bits per heavy atom. The number of hydrogen-bond donors (Lipinski definition) is 0. The van der Waals surface area contributed by atoms with Crippen molar-refractivity contribution in [2.24, 2.45) is 0 Å². The molecule has 3 heteroatoms. The smallest absolute Gasteiger partial charge is 0.132 e. The summed E-state index contributed by atoms with van der Waals surface area (Å²) in [6.07, 6.45) is 0. The predicted octanol–water partition coefficient (Wildman–Crippen LogP) is 4.16. The molecule has 0 radical (unpaired) electrons. The van der Waals surface area contributed by atoms with E-state index >= 15 is 0 Å². The Labute approximate surface area is 105 Å². The minimum Gasteiger partial charge on any atom is -0.489 e. The van der Waals surface area contributed by atoms with Gasteiger partial charge in [0.15, 0.2) is 0 Å². The Kier molecular flexibility index (Phi) is 3.60. The largest absolute Gasteiger partial charge is 0.489 e. The maximum atomic E-state index is 13.4. The zero-order valence-corrected chi connectivity index (χ0v) is 10.3. The van der Waals surface area contributed by atoms with E-state index < -0.39 is 11.6 Å². The van der Waals surface area contributed by atoms with Gasteiger partial charge in [0.2, 0.25) is 0 Å². The molecule has 0 unspecified atom stereocenters. The lowest BCUT2D eigenvalue weighted by Gasteiger charge is -2.11. The zero-order chi connectivity index (χ0) is 13.1. The van der Waals surface area contributed by atoms with Crippen LogP contribution in [0.3, 0.4) is 0 Å². The van der Waals surface area contributed by atoms with E-state index in [9.17, 15) is 8.78 Å². The van der Waals surface area contributed by atoms with Gasteiger partial charge in [0, 0.05) is 11.6 Å². The molecule has 0 aliphatic carbocycles. The molecule has 0 aliphatic heterocycles. The van der Waals surface area contributed by atoms with Crippen molar-refractivity contribution >= 4 is 0 Å². The highest BCUT2D eigenvalue weighted by Gasteiger charge is 2.06. The van der Waals surface area contributed by atoms with Crippen molar-refractivity contribution in [1.29, 1.82) is 0 Å². The summed E-state index contributed by atoms with van der Waals surface area (Å²) < 4.78 is 31.7. The first-order chi connectivity index (χ1) is 8.58. The van der Waals surface area contributed by atoms with E-state index in [1.807, 2.05) is 32.0 Å². The van der Waals surface area contributed by atoms with Gasteiger partial charge in [-0.2, -0.15) is 0 Å². The van der Waals surface area contributed by atoms with Crippen LogP contribution in [0.25, 0.3) is 0 Å². The van der Waals surface area contributed by atoms with E-state index in [4.69, 9.17) is 4.74 Å². The highest BCUT2D eigenvalue weighted by Crippen LogP contribution is 2.22. The Morgan fingerprint density at radius 2 is 1.83 bits per heavy atom. The summed E-state index contributed by atoms with van der Waals surface area (Å²) in [5.74, 6) is -0.443. The second kappa shape index (κ2) is 5.17. The fourth-order valence-electron chi connectivity index (χ4n) is 1.67. The molecule has 0 atom stereocenters. The first kappa shape index (κ1) is 12.6. The van der Waals surface area contributed by atoms with Crippen LogP contribution in [0.2, 0.25) is 0 Å². The fourth-order valence-corrected chi connectivity index (χ4v) is 1.67. The number of benzene rings is 2. The first-order valence-electron chi connectivity index (χ1n) is 5.71. The van der Waals surface area contributed by atoms with Gasteiger partial charge in [0.25, 0.3) is 0 Å². The molecule has 0 aromatic heterocycles. The standard InChI is InChI=1S/C15H14F2O/c1-10-4-3-5-15(11(10)2)18-9-12-6-7-13(16)8-14(12)17/h3-8H,9H2,1-2H3. The van der Waals surface area contributed by atoms with Gasteiger partial charge in [-0.1, -0.05) is 12.1 Å². The maximum absolute atomic E-state index is 13.4. The van der Waals surface area contributed by atoms with E-state index in [-0.39, 0.29) is 6.61 Å². The topological polar surface area (TPSA) is 9.23 Å². The third-order valence-corrected chi connectivity index (χ3v) is 2.95. The summed E-state index contributed by atoms with van der Waals surface area (Å²) in [6.45, 7) is 4.03. The van der Waals surface area contributed by atoms with Crippen LogP contribution < -0.4 is 4.74 Å².